The van der Waals surface area contributed by atoms with Crippen LogP contribution in [0.1, 0.15) is 39.5 Å². The molecule has 7 nitrogen and oxygen atoms in total. The molecule has 0 bridgehead atoms. The molecule has 1 aromatic rings. The Morgan fingerprint density at radius 2 is 1.41 bits per heavy atom. The summed E-state index contributed by atoms with van der Waals surface area (Å²) in [5.41, 5.74) is 1.22. The summed E-state index contributed by atoms with van der Waals surface area (Å²) in [5.74, 6) is 0.457. The summed E-state index contributed by atoms with van der Waals surface area (Å²) in [4.78, 5) is 34.5. The Kier molecular flexibility index (Phi) is 7.55. The standard InChI is InChI=1S/C25H39N5O2/c1-20(2)27-12-16-29(17-13-27)24(31)21-8-10-22(11-9-21)26-25(32)30-18-14-28(15-19-30)23-6-4-3-5-7-23/h3-7,20-22H,8-19H2,1-2H3,(H,26,32)/t21-,22-. The zero-order chi connectivity index (χ0) is 22.5. The van der Waals surface area contributed by atoms with Gasteiger partial charge in [-0.05, 0) is 51.7 Å². The van der Waals surface area contributed by atoms with E-state index in [1.54, 1.807) is 0 Å². The van der Waals surface area contributed by atoms with Crippen molar-refractivity contribution in [3.8, 4) is 0 Å². The second-order valence-electron chi connectivity index (χ2n) is 9.76. The molecule has 32 heavy (non-hydrogen) atoms. The highest BCUT2D eigenvalue weighted by Gasteiger charge is 2.32. The van der Waals surface area contributed by atoms with E-state index >= 15 is 0 Å². The molecular formula is C25H39N5O2. The first-order valence-electron chi connectivity index (χ1n) is 12.4. The van der Waals surface area contributed by atoms with E-state index < -0.39 is 0 Å². The van der Waals surface area contributed by atoms with Gasteiger partial charge in [-0.1, -0.05) is 18.2 Å². The molecule has 1 N–H and O–H groups in total. The number of carbonyl (C=O) groups excluding carboxylic acids is 2. The van der Waals surface area contributed by atoms with Crippen molar-refractivity contribution >= 4 is 17.6 Å². The zero-order valence-electron chi connectivity index (χ0n) is 19.7. The number of benzene rings is 1. The first kappa shape index (κ1) is 22.9. The van der Waals surface area contributed by atoms with E-state index in [1.807, 2.05) is 11.0 Å². The summed E-state index contributed by atoms with van der Waals surface area (Å²) in [6, 6.07) is 11.2. The molecule has 3 aliphatic rings. The van der Waals surface area contributed by atoms with Gasteiger partial charge in [-0.3, -0.25) is 9.69 Å². The lowest BCUT2D eigenvalue weighted by Crippen LogP contribution is -2.54. The maximum Gasteiger partial charge on any atom is 0.317 e. The summed E-state index contributed by atoms with van der Waals surface area (Å²) in [6.07, 6.45) is 3.57. The molecule has 4 rings (SSSR count). The van der Waals surface area contributed by atoms with Gasteiger partial charge in [-0.25, -0.2) is 4.79 Å². The van der Waals surface area contributed by atoms with Crippen molar-refractivity contribution in [3.63, 3.8) is 0 Å². The van der Waals surface area contributed by atoms with Crippen LogP contribution < -0.4 is 10.2 Å². The van der Waals surface area contributed by atoms with Gasteiger partial charge in [0.1, 0.15) is 0 Å². The third-order valence-corrected chi connectivity index (χ3v) is 7.45. The third-order valence-electron chi connectivity index (χ3n) is 7.45. The Morgan fingerprint density at radius 3 is 2.00 bits per heavy atom. The van der Waals surface area contributed by atoms with Crippen LogP contribution in [0.3, 0.4) is 0 Å². The van der Waals surface area contributed by atoms with E-state index in [0.717, 1.165) is 78.0 Å². The number of para-hydroxylation sites is 1. The van der Waals surface area contributed by atoms with Gasteiger partial charge in [0.25, 0.3) is 0 Å². The van der Waals surface area contributed by atoms with Crippen LogP contribution in [0.2, 0.25) is 0 Å². The molecule has 0 radical (unpaired) electrons. The van der Waals surface area contributed by atoms with Gasteiger partial charge in [0.2, 0.25) is 5.91 Å². The summed E-state index contributed by atoms with van der Waals surface area (Å²) in [7, 11) is 0. The molecule has 3 amide bonds. The highest BCUT2D eigenvalue weighted by atomic mass is 16.2. The Hall–Kier alpha value is -2.28. The summed E-state index contributed by atoms with van der Waals surface area (Å²) >= 11 is 0. The molecule has 0 atom stereocenters. The van der Waals surface area contributed by atoms with Crippen LogP contribution in [0.4, 0.5) is 10.5 Å². The maximum absolute atomic E-state index is 13.0. The van der Waals surface area contributed by atoms with E-state index in [9.17, 15) is 9.59 Å². The van der Waals surface area contributed by atoms with Crippen molar-refractivity contribution in [2.45, 2.75) is 51.6 Å². The van der Waals surface area contributed by atoms with E-state index in [1.165, 1.54) is 5.69 Å². The molecule has 176 valence electrons. The fourth-order valence-corrected chi connectivity index (χ4v) is 5.27. The Balaban J connectivity index is 1.17. The van der Waals surface area contributed by atoms with Crippen molar-refractivity contribution in [3.05, 3.63) is 30.3 Å². The van der Waals surface area contributed by atoms with Gasteiger partial charge in [0.15, 0.2) is 0 Å². The Morgan fingerprint density at radius 1 is 0.812 bits per heavy atom. The highest BCUT2D eigenvalue weighted by Crippen LogP contribution is 2.27. The summed E-state index contributed by atoms with van der Waals surface area (Å²) in [6.45, 7) is 11.3. The fraction of sp³-hybridized carbons (Fsp3) is 0.680. The number of rotatable bonds is 4. The molecule has 0 aromatic heterocycles. The summed E-state index contributed by atoms with van der Waals surface area (Å²) in [5, 5.41) is 3.24. The van der Waals surface area contributed by atoms with Gasteiger partial charge in [-0.15, -0.1) is 0 Å². The van der Waals surface area contributed by atoms with E-state index in [0.29, 0.717) is 11.9 Å². The molecule has 1 aliphatic carbocycles. The van der Waals surface area contributed by atoms with Gasteiger partial charge in [0, 0.05) is 76.0 Å². The monoisotopic (exact) mass is 441 g/mol. The topological polar surface area (TPSA) is 59.1 Å². The van der Waals surface area contributed by atoms with Crippen molar-refractivity contribution < 1.29 is 9.59 Å². The van der Waals surface area contributed by atoms with Crippen molar-refractivity contribution in [2.24, 2.45) is 5.92 Å². The molecular weight excluding hydrogens is 402 g/mol. The number of anilines is 1. The van der Waals surface area contributed by atoms with E-state index in [-0.39, 0.29) is 18.0 Å². The number of hydrogen-bond donors (Lipinski definition) is 1. The average Bonchev–Trinajstić information content (AvgIpc) is 2.85. The Labute approximate surface area is 192 Å². The quantitative estimate of drug-likeness (QED) is 0.780. The number of hydrogen-bond acceptors (Lipinski definition) is 4. The van der Waals surface area contributed by atoms with Crippen LogP contribution in [-0.2, 0) is 4.79 Å². The predicted octanol–water partition coefficient (Wildman–Crippen LogP) is 2.63. The van der Waals surface area contributed by atoms with Crippen LogP contribution in [0.5, 0.6) is 0 Å². The van der Waals surface area contributed by atoms with Crippen LogP contribution in [0.15, 0.2) is 30.3 Å². The maximum atomic E-state index is 13.0. The highest BCUT2D eigenvalue weighted by molar-refractivity contribution is 5.79. The number of nitrogens with one attached hydrogen (secondary N) is 1. The largest absolute Gasteiger partial charge is 0.368 e. The number of nitrogens with zero attached hydrogens (tertiary/aromatic N) is 4. The third kappa shape index (κ3) is 5.55. The fourth-order valence-electron chi connectivity index (χ4n) is 5.27. The molecule has 2 aliphatic heterocycles. The Bertz CT molecular complexity index is 747. The van der Waals surface area contributed by atoms with Gasteiger partial charge in [-0.2, -0.15) is 0 Å². The second kappa shape index (κ2) is 10.6. The van der Waals surface area contributed by atoms with Crippen LogP contribution in [-0.4, -0.2) is 91.1 Å². The number of amides is 3. The van der Waals surface area contributed by atoms with Gasteiger partial charge >= 0.3 is 6.03 Å². The van der Waals surface area contributed by atoms with Crippen LogP contribution in [0, 0.1) is 5.92 Å². The van der Waals surface area contributed by atoms with Crippen LogP contribution >= 0.6 is 0 Å². The van der Waals surface area contributed by atoms with Crippen molar-refractivity contribution in [1.29, 1.82) is 0 Å². The number of urea groups is 1. The molecule has 0 spiro atoms. The van der Waals surface area contributed by atoms with E-state index in [4.69, 9.17) is 0 Å². The lowest BCUT2D eigenvalue weighted by Gasteiger charge is -2.40. The smallest absolute Gasteiger partial charge is 0.317 e. The normalized spacial score (nSPS) is 25.2. The first-order chi connectivity index (χ1) is 15.5. The minimum Gasteiger partial charge on any atom is -0.368 e. The second-order valence-corrected chi connectivity index (χ2v) is 9.76. The molecule has 1 aromatic carbocycles. The molecule has 2 heterocycles. The van der Waals surface area contributed by atoms with Crippen molar-refractivity contribution in [2.75, 3.05) is 57.3 Å². The average molecular weight is 442 g/mol. The summed E-state index contributed by atoms with van der Waals surface area (Å²) < 4.78 is 0. The molecule has 2 saturated heterocycles. The number of piperazine rings is 2. The van der Waals surface area contributed by atoms with Gasteiger partial charge < -0.3 is 20.0 Å². The van der Waals surface area contributed by atoms with Gasteiger partial charge in [0.05, 0.1) is 0 Å². The minimum atomic E-state index is 0.0531. The van der Waals surface area contributed by atoms with E-state index in [2.05, 4.69) is 58.1 Å². The zero-order valence-corrected chi connectivity index (χ0v) is 19.7. The van der Waals surface area contributed by atoms with Crippen molar-refractivity contribution in [1.82, 2.24) is 20.0 Å². The number of carbonyl (C=O) groups is 2. The molecule has 1 saturated carbocycles. The first-order valence-corrected chi connectivity index (χ1v) is 12.4. The van der Waals surface area contributed by atoms with Crippen LogP contribution in [0.25, 0.3) is 0 Å². The minimum absolute atomic E-state index is 0.0531. The lowest BCUT2D eigenvalue weighted by atomic mass is 9.85. The molecule has 0 unspecified atom stereocenters. The lowest BCUT2D eigenvalue weighted by molar-refractivity contribution is -0.138. The molecule has 3 fully saturated rings. The SMILES string of the molecule is CC(C)N1CCN(C(=O)[C@H]2CC[C@H](NC(=O)N3CCN(c4ccccc4)CC3)CC2)CC1. The molecule has 7 heteroatoms. The predicted molar refractivity (Wildman–Crippen MR) is 128 cm³/mol.